The summed E-state index contributed by atoms with van der Waals surface area (Å²) in [5.74, 6) is 0.331. The molecule has 4 N–H and O–H groups in total. The summed E-state index contributed by atoms with van der Waals surface area (Å²) in [6.45, 7) is 6.99. The Kier molecular flexibility index (Phi) is 6.59. The number of methoxy groups -OCH3 is 1. The summed E-state index contributed by atoms with van der Waals surface area (Å²) in [5, 5.41) is 4.41. The maximum atomic E-state index is 12.7. The molecule has 27 heavy (non-hydrogen) atoms. The third-order valence-electron chi connectivity index (χ3n) is 4.05. The molecule has 0 spiro atoms. The van der Waals surface area contributed by atoms with E-state index in [-0.39, 0.29) is 17.6 Å². The molecule has 0 saturated heterocycles. The maximum Gasteiger partial charge on any atom is 0.274 e. The molecule has 0 aliphatic carbocycles. The number of allylic oxidation sites excluding steroid dienone is 2. The number of aromatic nitrogens is 3. The zero-order valence-electron chi connectivity index (χ0n) is 16.1. The van der Waals surface area contributed by atoms with Crippen LogP contribution in [-0.2, 0) is 4.74 Å². The van der Waals surface area contributed by atoms with Crippen LogP contribution >= 0.6 is 0 Å². The predicted molar refractivity (Wildman–Crippen MR) is 105 cm³/mol. The molecular formula is C19H26N6O2. The van der Waals surface area contributed by atoms with Crippen LogP contribution in [-0.4, -0.2) is 45.8 Å². The Bertz CT molecular complexity index is 848. The molecule has 0 radical (unpaired) electrons. The smallest absolute Gasteiger partial charge is 0.274 e. The SMILES string of the molecule is CCN(CC)C(=O)c1cc(-c2ccc(C)cn2)n(/C(N)=C/C=C(\N)OC)n1. The monoisotopic (exact) mass is 370 g/mol. The molecule has 0 saturated carbocycles. The van der Waals surface area contributed by atoms with E-state index in [1.165, 1.54) is 17.9 Å². The number of pyridine rings is 1. The first-order chi connectivity index (χ1) is 12.9. The van der Waals surface area contributed by atoms with Crippen LogP contribution < -0.4 is 11.5 Å². The fourth-order valence-corrected chi connectivity index (χ4v) is 2.46. The standard InChI is InChI=1S/C19H26N6O2/c1-5-24(6-2)19(26)15-11-16(14-8-7-13(3)12-22-14)25(23-15)17(20)9-10-18(21)27-4/h7-12H,5-6,20-21H2,1-4H3/b17-9+,18-10+. The Morgan fingerprint density at radius 1 is 1.26 bits per heavy atom. The van der Waals surface area contributed by atoms with Gasteiger partial charge in [0.05, 0.1) is 18.5 Å². The van der Waals surface area contributed by atoms with Crippen molar-refractivity contribution in [3.8, 4) is 11.4 Å². The van der Waals surface area contributed by atoms with E-state index in [9.17, 15) is 4.79 Å². The van der Waals surface area contributed by atoms with E-state index in [4.69, 9.17) is 16.2 Å². The average molecular weight is 370 g/mol. The van der Waals surface area contributed by atoms with Crippen LogP contribution in [0.3, 0.4) is 0 Å². The third-order valence-corrected chi connectivity index (χ3v) is 4.05. The van der Waals surface area contributed by atoms with Crippen molar-refractivity contribution < 1.29 is 9.53 Å². The first kappa shape index (κ1) is 20.0. The van der Waals surface area contributed by atoms with Crippen LogP contribution in [0.15, 0.2) is 42.4 Å². The minimum atomic E-state index is -0.160. The molecule has 1 amide bonds. The molecule has 8 heteroatoms. The molecule has 0 aliphatic rings. The number of hydrogen-bond donors (Lipinski definition) is 2. The summed E-state index contributed by atoms with van der Waals surface area (Å²) in [4.78, 5) is 18.8. The zero-order chi connectivity index (χ0) is 20.0. The number of carbonyl (C=O) groups excluding carboxylic acids is 1. The van der Waals surface area contributed by atoms with Crippen LogP contribution in [0, 0.1) is 6.92 Å². The largest absolute Gasteiger partial charge is 0.483 e. The minimum absolute atomic E-state index is 0.160. The second kappa shape index (κ2) is 8.88. The molecule has 0 aromatic carbocycles. The molecule has 0 fully saturated rings. The van der Waals surface area contributed by atoms with Crippen LogP contribution in [0.25, 0.3) is 17.2 Å². The van der Waals surface area contributed by atoms with Gasteiger partial charge >= 0.3 is 0 Å². The first-order valence-corrected chi connectivity index (χ1v) is 8.70. The minimum Gasteiger partial charge on any atom is -0.483 e. The summed E-state index contributed by atoms with van der Waals surface area (Å²) in [5.41, 5.74) is 14.4. The normalized spacial score (nSPS) is 12.1. The highest BCUT2D eigenvalue weighted by atomic mass is 16.5. The van der Waals surface area contributed by atoms with Gasteiger partial charge in [-0.15, -0.1) is 0 Å². The van der Waals surface area contributed by atoms with Gasteiger partial charge in [0.1, 0.15) is 5.82 Å². The van der Waals surface area contributed by atoms with E-state index < -0.39 is 0 Å². The van der Waals surface area contributed by atoms with Crippen molar-refractivity contribution in [2.24, 2.45) is 11.5 Å². The Morgan fingerprint density at radius 3 is 2.52 bits per heavy atom. The lowest BCUT2D eigenvalue weighted by Gasteiger charge is -2.16. The highest BCUT2D eigenvalue weighted by Crippen LogP contribution is 2.21. The number of nitrogens with two attached hydrogens (primary N) is 2. The number of carbonyl (C=O) groups is 1. The summed E-state index contributed by atoms with van der Waals surface area (Å²) in [7, 11) is 1.46. The number of nitrogens with zero attached hydrogens (tertiary/aromatic N) is 4. The van der Waals surface area contributed by atoms with Gasteiger partial charge in [0.15, 0.2) is 11.6 Å². The van der Waals surface area contributed by atoms with Crippen molar-refractivity contribution in [1.82, 2.24) is 19.7 Å². The predicted octanol–water partition coefficient (Wildman–Crippen LogP) is 1.94. The molecule has 0 atom stereocenters. The molecule has 0 bridgehead atoms. The molecule has 2 rings (SSSR count). The van der Waals surface area contributed by atoms with Crippen molar-refractivity contribution in [2.75, 3.05) is 20.2 Å². The molecule has 144 valence electrons. The Balaban J connectivity index is 2.55. The molecule has 2 aromatic heterocycles. The molecular weight excluding hydrogens is 344 g/mol. The van der Waals surface area contributed by atoms with Gasteiger partial charge in [-0.05, 0) is 44.5 Å². The number of ether oxygens (including phenoxy) is 1. The molecule has 2 aromatic rings. The lowest BCUT2D eigenvalue weighted by Crippen LogP contribution is -2.30. The zero-order valence-corrected chi connectivity index (χ0v) is 16.1. The number of rotatable bonds is 7. The lowest BCUT2D eigenvalue weighted by atomic mass is 10.2. The molecule has 8 nitrogen and oxygen atoms in total. The third kappa shape index (κ3) is 4.66. The van der Waals surface area contributed by atoms with Crippen molar-refractivity contribution in [1.29, 1.82) is 0 Å². The lowest BCUT2D eigenvalue weighted by molar-refractivity contribution is 0.0766. The van der Waals surface area contributed by atoms with Gasteiger partial charge in [-0.25, -0.2) is 4.68 Å². The number of hydrogen-bond acceptors (Lipinski definition) is 6. The molecule has 0 aliphatic heterocycles. The van der Waals surface area contributed by atoms with E-state index in [0.29, 0.717) is 30.2 Å². The quantitative estimate of drug-likeness (QED) is 0.569. The Hall–Kier alpha value is -3.29. The van der Waals surface area contributed by atoms with Crippen LogP contribution in [0.2, 0.25) is 0 Å². The fourth-order valence-electron chi connectivity index (χ4n) is 2.46. The van der Waals surface area contributed by atoms with Crippen LogP contribution in [0.5, 0.6) is 0 Å². The van der Waals surface area contributed by atoms with Gasteiger partial charge in [-0.1, -0.05) is 6.07 Å². The summed E-state index contributed by atoms with van der Waals surface area (Å²) >= 11 is 0. The summed E-state index contributed by atoms with van der Waals surface area (Å²) < 4.78 is 6.38. The van der Waals surface area contributed by atoms with Gasteiger partial charge in [0.2, 0.25) is 0 Å². The van der Waals surface area contributed by atoms with Crippen molar-refractivity contribution in [2.45, 2.75) is 20.8 Å². The number of amides is 1. The van der Waals surface area contributed by atoms with Gasteiger partial charge in [0.25, 0.3) is 5.91 Å². The number of aryl methyl sites for hydroxylation is 1. The van der Waals surface area contributed by atoms with Crippen molar-refractivity contribution in [3.63, 3.8) is 0 Å². The van der Waals surface area contributed by atoms with E-state index in [1.54, 1.807) is 23.2 Å². The van der Waals surface area contributed by atoms with Crippen molar-refractivity contribution in [3.05, 3.63) is 53.7 Å². The van der Waals surface area contributed by atoms with E-state index >= 15 is 0 Å². The Morgan fingerprint density at radius 2 is 1.96 bits per heavy atom. The van der Waals surface area contributed by atoms with Crippen molar-refractivity contribution >= 4 is 11.7 Å². The van der Waals surface area contributed by atoms with E-state index in [1.807, 2.05) is 32.9 Å². The highest BCUT2D eigenvalue weighted by molar-refractivity contribution is 5.93. The molecule has 0 unspecified atom stereocenters. The Labute approximate surface area is 159 Å². The van der Waals surface area contributed by atoms with Crippen LogP contribution in [0.4, 0.5) is 0 Å². The van der Waals surface area contributed by atoms with Gasteiger partial charge < -0.3 is 21.1 Å². The first-order valence-electron chi connectivity index (χ1n) is 8.70. The van der Waals surface area contributed by atoms with E-state index in [0.717, 1.165) is 5.56 Å². The fraction of sp³-hybridized carbons (Fsp3) is 0.316. The average Bonchev–Trinajstić information content (AvgIpc) is 3.12. The maximum absolute atomic E-state index is 12.7. The second-order valence-corrected chi connectivity index (χ2v) is 5.89. The summed E-state index contributed by atoms with van der Waals surface area (Å²) in [6.07, 6.45) is 4.84. The van der Waals surface area contributed by atoms with Gasteiger partial charge in [-0.3, -0.25) is 9.78 Å². The topological polar surface area (TPSA) is 112 Å². The van der Waals surface area contributed by atoms with Gasteiger partial charge in [0, 0.05) is 25.4 Å². The van der Waals surface area contributed by atoms with Gasteiger partial charge in [-0.2, -0.15) is 5.10 Å². The van der Waals surface area contributed by atoms with Crippen LogP contribution in [0.1, 0.15) is 29.9 Å². The summed E-state index contributed by atoms with van der Waals surface area (Å²) in [6, 6.07) is 5.50. The van der Waals surface area contributed by atoms with E-state index in [2.05, 4.69) is 10.1 Å². The second-order valence-electron chi connectivity index (χ2n) is 5.89. The highest BCUT2D eigenvalue weighted by Gasteiger charge is 2.20. The molecule has 2 heterocycles.